The third kappa shape index (κ3) is 5.66. The molecule has 172 valence electrons. The topological polar surface area (TPSA) is 84.3 Å². The van der Waals surface area contributed by atoms with Crippen molar-refractivity contribution in [2.75, 3.05) is 31.3 Å². The number of anilines is 1. The monoisotopic (exact) mass is 468 g/mol. The van der Waals surface area contributed by atoms with Crippen molar-refractivity contribution in [2.45, 2.75) is 32.5 Å². The van der Waals surface area contributed by atoms with Crippen molar-refractivity contribution in [1.29, 1.82) is 5.26 Å². The number of hydrogen-bond donors (Lipinski definition) is 0. The molecule has 1 fully saturated rings. The molecule has 0 amide bonds. The van der Waals surface area contributed by atoms with Crippen LogP contribution in [0.3, 0.4) is 0 Å². The molecule has 1 atom stereocenters. The Labute approximate surface area is 198 Å². The maximum absolute atomic E-state index is 12.6. The van der Waals surface area contributed by atoms with Crippen LogP contribution in [-0.4, -0.2) is 32.3 Å². The first kappa shape index (κ1) is 23.1. The van der Waals surface area contributed by atoms with Crippen molar-refractivity contribution < 1.29 is 23.7 Å². The van der Waals surface area contributed by atoms with Gasteiger partial charge < -0.3 is 23.8 Å². The minimum atomic E-state index is -0.745. The summed E-state index contributed by atoms with van der Waals surface area (Å²) in [5, 5.41) is 10.2. The SMILES string of the molecule is CCCCN1/C(=C(\C#N)C(=O)OCCOCc2ccc(C3CO3)cc2)Oc2cc(Cl)ccc21. The van der Waals surface area contributed by atoms with Gasteiger partial charge in [0.2, 0.25) is 5.88 Å². The van der Waals surface area contributed by atoms with E-state index in [9.17, 15) is 10.1 Å². The Balaban J connectivity index is 1.33. The van der Waals surface area contributed by atoms with Gasteiger partial charge in [-0.25, -0.2) is 4.79 Å². The molecule has 0 radical (unpaired) electrons. The molecule has 33 heavy (non-hydrogen) atoms. The summed E-state index contributed by atoms with van der Waals surface area (Å²) in [6, 6.07) is 15.2. The fraction of sp³-hybridized carbons (Fsp3) is 0.360. The van der Waals surface area contributed by atoms with Crippen LogP contribution in [0.5, 0.6) is 5.75 Å². The molecule has 0 aliphatic carbocycles. The number of nitriles is 1. The van der Waals surface area contributed by atoms with Crippen molar-refractivity contribution in [3.8, 4) is 11.8 Å². The summed E-state index contributed by atoms with van der Waals surface area (Å²) >= 11 is 6.08. The average molecular weight is 469 g/mol. The van der Waals surface area contributed by atoms with E-state index < -0.39 is 5.97 Å². The first-order valence-electron chi connectivity index (χ1n) is 10.9. The molecule has 7 nitrogen and oxygen atoms in total. The molecule has 0 N–H and O–H groups in total. The number of nitrogens with zero attached hydrogens (tertiary/aromatic N) is 2. The lowest BCUT2D eigenvalue weighted by atomic mass is 10.1. The minimum Gasteiger partial charge on any atom is -0.459 e. The summed E-state index contributed by atoms with van der Waals surface area (Å²) in [7, 11) is 0. The first-order chi connectivity index (χ1) is 16.1. The number of rotatable bonds is 10. The highest BCUT2D eigenvalue weighted by Crippen LogP contribution is 2.41. The van der Waals surface area contributed by atoms with Gasteiger partial charge in [0, 0.05) is 17.6 Å². The zero-order valence-electron chi connectivity index (χ0n) is 18.4. The Hall–Kier alpha value is -3.05. The van der Waals surface area contributed by atoms with Gasteiger partial charge in [0.1, 0.15) is 18.8 Å². The lowest BCUT2D eigenvalue weighted by Crippen LogP contribution is -2.25. The predicted molar refractivity (Wildman–Crippen MR) is 123 cm³/mol. The van der Waals surface area contributed by atoms with E-state index in [0.29, 0.717) is 23.9 Å². The maximum atomic E-state index is 12.6. The van der Waals surface area contributed by atoms with E-state index in [4.69, 9.17) is 30.5 Å². The molecule has 0 spiro atoms. The summed E-state index contributed by atoms with van der Waals surface area (Å²) in [6.45, 7) is 4.09. The fourth-order valence-electron chi connectivity index (χ4n) is 3.49. The smallest absolute Gasteiger partial charge is 0.354 e. The second-order valence-corrected chi connectivity index (χ2v) is 8.20. The summed E-state index contributed by atoms with van der Waals surface area (Å²) in [4.78, 5) is 14.5. The predicted octanol–water partition coefficient (Wildman–Crippen LogP) is 4.91. The lowest BCUT2D eigenvalue weighted by molar-refractivity contribution is -0.140. The van der Waals surface area contributed by atoms with E-state index in [2.05, 4.69) is 6.92 Å². The largest absolute Gasteiger partial charge is 0.459 e. The quantitative estimate of drug-likeness (QED) is 0.161. The summed E-state index contributed by atoms with van der Waals surface area (Å²) in [5.74, 6) is -0.0593. The molecule has 0 aromatic heterocycles. The molecule has 2 heterocycles. The van der Waals surface area contributed by atoms with Crippen molar-refractivity contribution in [3.05, 3.63) is 70.1 Å². The van der Waals surface area contributed by atoms with E-state index in [1.165, 1.54) is 0 Å². The van der Waals surface area contributed by atoms with Crippen LogP contribution in [0.1, 0.15) is 37.0 Å². The van der Waals surface area contributed by atoms with Gasteiger partial charge in [0.05, 0.1) is 25.5 Å². The molecule has 2 aromatic carbocycles. The van der Waals surface area contributed by atoms with Crippen LogP contribution in [0.2, 0.25) is 5.02 Å². The highest BCUT2D eigenvalue weighted by Gasteiger charge is 2.32. The number of halogens is 1. The summed E-state index contributed by atoms with van der Waals surface area (Å²) in [5.41, 5.74) is 2.77. The number of fused-ring (bicyclic) bond motifs is 1. The van der Waals surface area contributed by atoms with Crippen molar-refractivity contribution in [1.82, 2.24) is 0 Å². The number of ether oxygens (including phenoxy) is 4. The van der Waals surface area contributed by atoms with Crippen LogP contribution < -0.4 is 9.64 Å². The Bertz CT molecular complexity index is 1070. The Kier molecular flexibility index (Phi) is 7.50. The average Bonchev–Trinajstić information content (AvgIpc) is 3.61. The van der Waals surface area contributed by atoms with E-state index in [1.54, 1.807) is 12.1 Å². The third-order valence-corrected chi connectivity index (χ3v) is 5.58. The van der Waals surface area contributed by atoms with Crippen LogP contribution >= 0.6 is 11.6 Å². The zero-order chi connectivity index (χ0) is 23.2. The molecule has 0 bridgehead atoms. The van der Waals surface area contributed by atoms with Crippen LogP contribution in [0.15, 0.2) is 53.9 Å². The summed E-state index contributed by atoms with van der Waals surface area (Å²) in [6.07, 6.45) is 2.05. The number of benzene rings is 2. The summed E-state index contributed by atoms with van der Waals surface area (Å²) < 4.78 is 22.0. The number of carbonyl (C=O) groups is 1. The lowest BCUT2D eigenvalue weighted by Gasteiger charge is -2.18. The van der Waals surface area contributed by atoms with Crippen LogP contribution in [0.25, 0.3) is 0 Å². The van der Waals surface area contributed by atoms with E-state index in [0.717, 1.165) is 36.3 Å². The van der Waals surface area contributed by atoms with Crippen molar-refractivity contribution in [2.24, 2.45) is 0 Å². The molecule has 8 heteroatoms. The molecular formula is C25H25ClN2O5. The number of hydrogen-bond acceptors (Lipinski definition) is 7. The Morgan fingerprint density at radius 1 is 1.24 bits per heavy atom. The third-order valence-electron chi connectivity index (χ3n) is 5.34. The molecule has 2 aliphatic rings. The van der Waals surface area contributed by atoms with Gasteiger partial charge in [-0.1, -0.05) is 49.2 Å². The van der Waals surface area contributed by atoms with Gasteiger partial charge in [0.15, 0.2) is 11.3 Å². The van der Waals surface area contributed by atoms with Gasteiger partial charge in [-0.2, -0.15) is 5.26 Å². The molecule has 2 aromatic rings. The highest BCUT2D eigenvalue weighted by atomic mass is 35.5. The van der Waals surface area contributed by atoms with Gasteiger partial charge in [0.25, 0.3) is 0 Å². The highest BCUT2D eigenvalue weighted by molar-refractivity contribution is 6.30. The standard InChI is InChI=1S/C25H25ClN2O5/c1-2-3-10-28-21-9-8-19(26)13-22(21)33-24(28)20(14-27)25(29)31-12-11-30-15-17-4-6-18(7-5-17)23-16-32-23/h4-9,13,23H,2-3,10-12,15-16H2,1H3/b24-20-. The van der Waals surface area contributed by atoms with E-state index in [-0.39, 0.29) is 30.8 Å². The van der Waals surface area contributed by atoms with Crippen molar-refractivity contribution >= 4 is 23.3 Å². The molecule has 1 saturated heterocycles. The molecular weight excluding hydrogens is 444 g/mol. The number of epoxide rings is 1. The van der Waals surface area contributed by atoms with Crippen LogP contribution in [-0.2, 0) is 25.6 Å². The van der Waals surface area contributed by atoms with Gasteiger partial charge in [-0.3, -0.25) is 0 Å². The van der Waals surface area contributed by atoms with Crippen LogP contribution in [0.4, 0.5) is 5.69 Å². The first-order valence-corrected chi connectivity index (χ1v) is 11.3. The second kappa shape index (κ2) is 10.7. The van der Waals surface area contributed by atoms with Gasteiger partial charge >= 0.3 is 5.97 Å². The zero-order valence-corrected chi connectivity index (χ0v) is 19.1. The minimum absolute atomic E-state index is 0.0268. The Morgan fingerprint density at radius 2 is 2.03 bits per heavy atom. The maximum Gasteiger partial charge on any atom is 0.354 e. The number of unbranched alkanes of at least 4 members (excludes halogenated alkanes) is 1. The fourth-order valence-corrected chi connectivity index (χ4v) is 3.65. The van der Waals surface area contributed by atoms with Crippen molar-refractivity contribution in [3.63, 3.8) is 0 Å². The van der Waals surface area contributed by atoms with Gasteiger partial charge in [-0.05, 0) is 29.7 Å². The molecule has 4 rings (SSSR count). The number of carbonyl (C=O) groups excluding carboxylic acids is 1. The van der Waals surface area contributed by atoms with E-state index >= 15 is 0 Å². The Morgan fingerprint density at radius 3 is 2.73 bits per heavy atom. The molecule has 1 unspecified atom stereocenters. The number of esters is 1. The second-order valence-electron chi connectivity index (χ2n) is 7.76. The molecule has 2 aliphatic heterocycles. The molecule has 0 saturated carbocycles. The van der Waals surface area contributed by atoms with E-state index in [1.807, 2.05) is 41.3 Å². The van der Waals surface area contributed by atoms with Crippen LogP contribution in [0, 0.1) is 11.3 Å². The normalized spacial score (nSPS) is 17.7. The van der Waals surface area contributed by atoms with Gasteiger partial charge in [-0.15, -0.1) is 0 Å².